The number of rotatable bonds is 0. The molecule has 1 saturated heterocycles. The van der Waals surface area contributed by atoms with Gasteiger partial charge in [-0.1, -0.05) is 20.3 Å². The normalized spacial score (nSPS) is 39.2. The van der Waals surface area contributed by atoms with Crippen LogP contribution in [0.25, 0.3) is 0 Å². The maximum Gasteiger partial charge on any atom is 0.0494 e. The Balaban J connectivity index is 2.14. The molecular formula is C12H22O. The Morgan fingerprint density at radius 3 is 2.85 bits per heavy atom. The summed E-state index contributed by atoms with van der Waals surface area (Å²) in [5.41, 5.74) is 0.574. The Morgan fingerprint density at radius 2 is 2.00 bits per heavy atom. The van der Waals surface area contributed by atoms with Crippen LogP contribution in [0.3, 0.4) is 0 Å². The van der Waals surface area contributed by atoms with E-state index in [1.165, 1.54) is 32.1 Å². The van der Waals surface area contributed by atoms with Crippen molar-refractivity contribution in [3.8, 4) is 0 Å². The molecule has 1 heteroatoms. The van der Waals surface area contributed by atoms with Gasteiger partial charge in [-0.15, -0.1) is 0 Å². The second-order valence-electron chi connectivity index (χ2n) is 5.55. The zero-order chi connectivity index (χ0) is 9.31. The molecule has 2 bridgehead atoms. The molecule has 1 nitrogen and oxygen atoms in total. The highest BCUT2D eigenvalue weighted by atomic mass is 16.5. The first kappa shape index (κ1) is 9.51. The minimum Gasteiger partial charge on any atom is -0.381 e. The molecule has 0 amide bonds. The lowest BCUT2D eigenvalue weighted by Gasteiger charge is -2.36. The van der Waals surface area contributed by atoms with E-state index in [-0.39, 0.29) is 0 Å². The Labute approximate surface area is 81.9 Å². The van der Waals surface area contributed by atoms with E-state index in [1.807, 2.05) is 0 Å². The summed E-state index contributed by atoms with van der Waals surface area (Å²) in [5, 5.41) is 0. The monoisotopic (exact) mass is 182 g/mol. The van der Waals surface area contributed by atoms with Gasteiger partial charge in [0.1, 0.15) is 0 Å². The van der Waals surface area contributed by atoms with Gasteiger partial charge in [0, 0.05) is 13.2 Å². The van der Waals surface area contributed by atoms with Crippen molar-refractivity contribution in [1.29, 1.82) is 0 Å². The van der Waals surface area contributed by atoms with Crippen LogP contribution in [0.5, 0.6) is 0 Å². The van der Waals surface area contributed by atoms with Crippen LogP contribution >= 0.6 is 0 Å². The summed E-state index contributed by atoms with van der Waals surface area (Å²) in [4.78, 5) is 0. The fourth-order valence-corrected chi connectivity index (χ4v) is 3.21. The van der Waals surface area contributed by atoms with Gasteiger partial charge in [0.25, 0.3) is 0 Å². The highest BCUT2D eigenvalue weighted by Gasteiger charge is 2.35. The van der Waals surface area contributed by atoms with Crippen molar-refractivity contribution < 1.29 is 4.74 Å². The lowest BCUT2D eigenvalue weighted by molar-refractivity contribution is 0.0269. The van der Waals surface area contributed by atoms with E-state index >= 15 is 0 Å². The predicted octanol–water partition coefficient (Wildman–Crippen LogP) is 3.24. The molecule has 2 aliphatic rings. The number of hydrogen-bond donors (Lipinski definition) is 0. The van der Waals surface area contributed by atoms with E-state index in [4.69, 9.17) is 4.74 Å². The first-order valence-electron chi connectivity index (χ1n) is 5.76. The number of hydrogen-bond acceptors (Lipinski definition) is 1. The number of ether oxygens (including phenoxy) is 1. The van der Waals surface area contributed by atoms with E-state index in [1.54, 1.807) is 0 Å². The van der Waals surface area contributed by atoms with Crippen molar-refractivity contribution in [1.82, 2.24) is 0 Å². The molecule has 0 radical (unpaired) electrons. The minimum absolute atomic E-state index is 0.574. The third-order valence-corrected chi connectivity index (χ3v) is 4.05. The van der Waals surface area contributed by atoms with Crippen LogP contribution in [0, 0.1) is 17.3 Å². The lowest BCUT2D eigenvalue weighted by atomic mass is 9.72. The van der Waals surface area contributed by atoms with Gasteiger partial charge in [0.15, 0.2) is 0 Å². The SMILES string of the molecule is CC1(C)CC2CCCC1CCOC2. The standard InChI is InChI=1S/C12H22O/c1-12(2)8-10-4-3-5-11(12)6-7-13-9-10/h10-11H,3-9H2,1-2H3. The maximum absolute atomic E-state index is 5.68. The Kier molecular flexibility index (Phi) is 2.64. The van der Waals surface area contributed by atoms with Crippen molar-refractivity contribution in [2.75, 3.05) is 13.2 Å². The van der Waals surface area contributed by atoms with Gasteiger partial charge in [-0.2, -0.15) is 0 Å². The van der Waals surface area contributed by atoms with E-state index < -0.39 is 0 Å². The largest absolute Gasteiger partial charge is 0.381 e. The van der Waals surface area contributed by atoms with Crippen LogP contribution in [0.2, 0.25) is 0 Å². The molecule has 0 N–H and O–H groups in total. The zero-order valence-electron chi connectivity index (χ0n) is 9.01. The Hall–Kier alpha value is -0.0400. The Bertz CT molecular complexity index is 170. The smallest absolute Gasteiger partial charge is 0.0494 e. The lowest BCUT2D eigenvalue weighted by Crippen LogP contribution is -2.29. The Morgan fingerprint density at radius 1 is 1.15 bits per heavy atom. The van der Waals surface area contributed by atoms with Crippen LogP contribution < -0.4 is 0 Å². The van der Waals surface area contributed by atoms with Crippen molar-refractivity contribution in [3.63, 3.8) is 0 Å². The molecule has 2 rings (SSSR count). The van der Waals surface area contributed by atoms with E-state index in [0.717, 1.165) is 25.0 Å². The molecule has 0 aromatic carbocycles. The third kappa shape index (κ3) is 2.07. The van der Waals surface area contributed by atoms with Crippen LogP contribution in [-0.2, 0) is 4.74 Å². The summed E-state index contributed by atoms with van der Waals surface area (Å²) in [7, 11) is 0. The van der Waals surface area contributed by atoms with Gasteiger partial charge < -0.3 is 4.74 Å². The van der Waals surface area contributed by atoms with Crippen LogP contribution in [-0.4, -0.2) is 13.2 Å². The van der Waals surface area contributed by atoms with E-state index in [2.05, 4.69) is 13.8 Å². The van der Waals surface area contributed by atoms with Gasteiger partial charge in [0.2, 0.25) is 0 Å². The first-order chi connectivity index (χ1) is 6.18. The van der Waals surface area contributed by atoms with Crippen molar-refractivity contribution in [3.05, 3.63) is 0 Å². The summed E-state index contributed by atoms with van der Waals surface area (Å²) < 4.78 is 5.68. The summed E-state index contributed by atoms with van der Waals surface area (Å²) in [6.07, 6.45) is 6.95. The van der Waals surface area contributed by atoms with Crippen LogP contribution in [0.4, 0.5) is 0 Å². The minimum atomic E-state index is 0.574. The zero-order valence-corrected chi connectivity index (χ0v) is 9.01. The molecule has 13 heavy (non-hydrogen) atoms. The summed E-state index contributed by atoms with van der Waals surface area (Å²) in [6, 6.07) is 0. The molecule has 76 valence electrons. The molecule has 0 aromatic heterocycles. The molecule has 1 saturated carbocycles. The first-order valence-corrected chi connectivity index (χ1v) is 5.76. The summed E-state index contributed by atoms with van der Waals surface area (Å²) in [5.74, 6) is 1.76. The van der Waals surface area contributed by atoms with Gasteiger partial charge in [-0.05, 0) is 42.9 Å². The highest BCUT2D eigenvalue weighted by Crippen LogP contribution is 2.44. The quantitative estimate of drug-likeness (QED) is 0.559. The second-order valence-corrected chi connectivity index (χ2v) is 5.55. The molecule has 0 spiro atoms. The molecule has 2 fully saturated rings. The predicted molar refractivity (Wildman–Crippen MR) is 54.7 cm³/mol. The van der Waals surface area contributed by atoms with Gasteiger partial charge in [-0.25, -0.2) is 0 Å². The summed E-state index contributed by atoms with van der Waals surface area (Å²) in [6.45, 7) is 6.95. The van der Waals surface area contributed by atoms with Crippen molar-refractivity contribution in [2.24, 2.45) is 17.3 Å². The second kappa shape index (κ2) is 3.61. The third-order valence-electron chi connectivity index (χ3n) is 4.05. The molecule has 1 heterocycles. The molecular weight excluding hydrogens is 160 g/mol. The van der Waals surface area contributed by atoms with E-state index in [9.17, 15) is 0 Å². The van der Waals surface area contributed by atoms with Crippen molar-refractivity contribution >= 4 is 0 Å². The molecule has 1 aliphatic carbocycles. The molecule has 2 atom stereocenters. The van der Waals surface area contributed by atoms with Crippen molar-refractivity contribution in [2.45, 2.75) is 46.0 Å². The molecule has 2 unspecified atom stereocenters. The topological polar surface area (TPSA) is 9.23 Å². The molecule has 1 aliphatic heterocycles. The fraction of sp³-hybridized carbons (Fsp3) is 1.00. The van der Waals surface area contributed by atoms with Crippen LogP contribution in [0.1, 0.15) is 46.0 Å². The number of fused-ring (bicyclic) bond motifs is 3. The van der Waals surface area contributed by atoms with Gasteiger partial charge in [-0.3, -0.25) is 0 Å². The highest BCUT2D eigenvalue weighted by molar-refractivity contribution is 4.85. The van der Waals surface area contributed by atoms with E-state index in [0.29, 0.717) is 5.41 Å². The maximum atomic E-state index is 5.68. The summed E-state index contributed by atoms with van der Waals surface area (Å²) >= 11 is 0. The van der Waals surface area contributed by atoms with Gasteiger partial charge in [0.05, 0.1) is 0 Å². The van der Waals surface area contributed by atoms with Crippen LogP contribution in [0.15, 0.2) is 0 Å². The average Bonchev–Trinajstić information content (AvgIpc) is 2.17. The fourth-order valence-electron chi connectivity index (χ4n) is 3.21. The average molecular weight is 182 g/mol. The van der Waals surface area contributed by atoms with Gasteiger partial charge >= 0.3 is 0 Å². The molecule has 0 aromatic rings.